The Balaban J connectivity index is 2.99. The Hall–Kier alpha value is -0.310. The molecule has 2 nitrogen and oxygen atoms in total. The van der Waals surface area contributed by atoms with E-state index in [1.807, 2.05) is 6.20 Å². The first kappa shape index (κ1) is 8.78. The molecule has 0 aromatic carbocycles. The molecule has 62 valence electrons. The predicted octanol–water partition coefficient (Wildman–Crippen LogP) is 2.36. The van der Waals surface area contributed by atoms with Gasteiger partial charge in [0.1, 0.15) is 0 Å². The molecule has 0 atom stereocenters. The molecule has 0 aliphatic heterocycles. The van der Waals surface area contributed by atoms with E-state index in [4.69, 9.17) is 0 Å². The monoisotopic (exact) mass is 216 g/mol. The van der Waals surface area contributed by atoms with Gasteiger partial charge < -0.3 is 0 Å². The smallest absolute Gasteiger partial charge is 0.0533 e. The number of nitrogens with zero attached hydrogens (tertiary/aromatic N) is 2. The minimum Gasteiger partial charge on any atom is -0.270 e. The molecule has 11 heavy (non-hydrogen) atoms. The van der Waals surface area contributed by atoms with Gasteiger partial charge in [-0.1, -0.05) is 22.9 Å². The maximum Gasteiger partial charge on any atom is 0.0533 e. The molecule has 0 aliphatic rings. The van der Waals surface area contributed by atoms with Crippen molar-refractivity contribution in [2.24, 2.45) is 0 Å². The van der Waals surface area contributed by atoms with E-state index in [-0.39, 0.29) is 0 Å². The van der Waals surface area contributed by atoms with Gasteiger partial charge in [0.2, 0.25) is 0 Å². The number of alkyl halides is 1. The summed E-state index contributed by atoms with van der Waals surface area (Å²) < 4.78 is 2.05. The van der Waals surface area contributed by atoms with Gasteiger partial charge >= 0.3 is 0 Å². The molecule has 0 aliphatic carbocycles. The summed E-state index contributed by atoms with van der Waals surface area (Å²) >= 11 is 3.44. The molecule has 3 heteroatoms. The summed E-state index contributed by atoms with van der Waals surface area (Å²) in [6.07, 6.45) is 3.01. The quantitative estimate of drug-likeness (QED) is 0.710. The first-order valence-corrected chi connectivity index (χ1v) is 5.05. The summed E-state index contributed by atoms with van der Waals surface area (Å²) in [6, 6.07) is 0. The molecule has 1 aromatic rings. The van der Waals surface area contributed by atoms with Crippen LogP contribution in [0.3, 0.4) is 0 Å². The number of hydrogen-bond acceptors (Lipinski definition) is 1. The van der Waals surface area contributed by atoms with Gasteiger partial charge in [-0.3, -0.25) is 4.68 Å². The van der Waals surface area contributed by atoms with Crippen molar-refractivity contribution in [2.75, 3.05) is 0 Å². The van der Waals surface area contributed by atoms with Gasteiger partial charge in [-0.2, -0.15) is 5.10 Å². The molecule has 0 spiro atoms. The van der Waals surface area contributed by atoms with Gasteiger partial charge in [0.25, 0.3) is 0 Å². The maximum absolute atomic E-state index is 4.26. The lowest BCUT2D eigenvalue weighted by Gasteiger charge is -2.02. The maximum atomic E-state index is 4.26. The third-order valence-corrected chi connectivity index (χ3v) is 2.42. The third kappa shape index (κ3) is 1.64. The first-order valence-electron chi connectivity index (χ1n) is 3.93. The molecule has 0 unspecified atom stereocenters. The van der Waals surface area contributed by atoms with Crippen LogP contribution in [0.15, 0.2) is 6.20 Å². The largest absolute Gasteiger partial charge is 0.270 e. The molecule has 0 saturated carbocycles. The average Bonchev–Trinajstić information content (AvgIpc) is 2.45. The highest BCUT2D eigenvalue weighted by Gasteiger charge is 2.04. The highest BCUT2D eigenvalue weighted by Crippen LogP contribution is 2.12. The van der Waals surface area contributed by atoms with Crippen molar-refractivity contribution in [1.29, 1.82) is 0 Å². The van der Waals surface area contributed by atoms with Gasteiger partial charge in [-0.25, -0.2) is 0 Å². The Labute approximate surface area is 75.7 Å². The van der Waals surface area contributed by atoms with Crippen molar-refractivity contribution >= 4 is 15.9 Å². The van der Waals surface area contributed by atoms with E-state index >= 15 is 0 Å². The molecule has 0 N–H and O–H groups in total. The van der Waals surface area contributed by atoms with Crippen molar-refractivity contribution in [3.05, 3.63) is 17.5 Å². The number of halogens is 1. The van der Waals surface area contributed by atoms with E-state index in [0.717, 1.165) is 18.3 Å². The standard InChI is InChI=1S/C8H13BrN2/c1-3-8-7(5-9)6-10-11(8)4-2/h6H,3-5H2,1-2H3. The molecular weight excluding hydrogens is 204 g/mol. The summed E-state index contributed by atoms with van der Waals surface area (Å²) in [7, 11) is 0. The van der Waals surface area contributed by atoms with E-state index in [1.54, 1.807) is 0 Å². The fourth-order valence-corrected chi connectivity index (χ4v) is 1.71. The van der Waals surface area contributed by atoms with E-state index < -0.39 is 0 Å². The fourth-order valence-electron chi connectivity index (χ4n) is 1.24. The van der Waals surface area contributed by atoms with Crippen LogP contribution in [-0.4, -0.2) is 9.78 Å². The molecular formula is C8H13BrN2. The lowest BCUT2D eigenvalue weighted by molar-refractivity contribution is 0.625. The van der Waals surface area contributed by atoms with Gasteiger partial charge in [0, 0.05) is 23.1 Å². The van der Waals surface area contributed by atoms with Crippen LogP contribution in [0.1, 0.15) is 25.1 Å². The molecule has 0 radical (unpaired) electrons. The number of hydrogen-bond donors (Lipinski definition) is 0. The summed E-state index contributed by atoms with van der Waals surface area (Å²) in [6.45, 7) is 5.25. The second kappa shape index (κ2) is 3.90. The van der Waals surface area contributed by atoms with E-state index in [9.17, 15) is 0 Å². The van der Waals surface area contributed by atoms with Crippen LogP contribution in [0.25, 0.3) is 0 Å². The minimum atomic E-state index is 0.913. The van der Waals surface area contributed by atoms with Crippen LogP contribution in [0, 0.1) is 0 Å². The molecule has 0 fully saturated rings. The van der Waals surface area contributed by atoms with E-state index in [0.29, 0.717) is 0 Å². The summed E-state index contributed by atoms with van der Waals surface area (Å²) in [5, 5.41) is 5.18. The van der Waals surface area contributed by atoms with Gasteiger partial charge in [0.05, 0.1) is 6.20 Å². The van der Waals surface area contributed by atoms with Crippen LogP contribution in [-0.2, 0) is 18.3 Å². The van der Waals surface area contributed by atoms with Gasteiger partial charge in [-0.05, 0) is 13.3 Å². The predicted molar refractivity (Wildman–Crippen MR) is 49.9 cm³/mol. The van der Waals surface area contributed by atoms with Crippen LogP contribution in [0.2, 0.25) is 0 Å². The molecule has 1 heterocycles. The first-order chi connectivity index (χ1) is 5.33. The van der Waals surface area contributed by atoms with Crippen molar-refractivity contribution in [3.8, 4) is 0 Å². The zero-order valence-electron chi connectivity index (χ0n) is 6.97. The average molecular weight is 217 g/mol. The number of aromatic nitrogens is 2. The Morgan fingerprint density at radius 1 is 1.55 bits per heavy atom. The zero-order valence-corrected chi connectivity index (χ0v) is 8.56. The van der Waals surface area contributed by atoms with Gasteiger partial charge in [-0.15, -0.1) is 0 Å². The Morgan fingerprint density at radius 3 is 2.73 bits per heavy atom. The molecule has 0 amide bonds. The van der Waals surface area contributed by atoms with Crippen LogP contribution < -0.4 is 0 Å². The normalized spacial score (nSPS) is 10.5. The van der Waals surface area contributed by atoms with Crippen LogP contribution >= 0.6 is 15.9 Å². The second-order valence-electron chi connectivity index (χ2n) is 2.42. The van der Waals surface area contributed by atoms with E-state index in [2.05, 4.69) is 39.6 Å². The number of rotatable bonds is 3. The van der Waals surface area contributed by atoms with Crippen molar-refractivity contribution in [1.82, 2.24) is 9.78 Å². The SMILES string of the molecule is CCc1c(CBr)cnn1CC. The van der Waals surface area contributed by atoms with Crippen molar-refractivity contribution in [2.45, 2.75) is 32.1 Å². The second-order valence-corrected chi connectivity index (χ2v) is 2.98. The zero-order chi connectivity index (χ0) is 8.27. The Morgan fingerprint density at radius 2 is 2.27 bits per heavy atom. The lowest BCUT2D eigenvalue weighted by Crippen LogP contribution is -2.02. The number of aryl methyl sites for hydroxylation is 1. The van der Waals surface area contributed by atoms with Crippen LogP contribution in [0.5, 0.6) is 0 Å². The molecule has 1 aromatic heterocycles. The third-order valence-electron chi connectivity index (χ3n) is 1.81. The summed E-state index contributed by atoms with van der Waals surface area (Å²) in [5.74, 6) is 0. The lowest BCUT2D eigenvalue weighted by atomic mass is 10.2. The highest BCUT2D eigenvalue weighted by atomic mass is 79.9. The topological polar surface area (TPSA) is 17.8 Å². The van der Waals surface area contributed by atoms with E-state index in [1.165, 1.54) is 11.3 Å². The minimum absolute atomic E-state index is 0.913. The summed E-state index contributed by atoms with van der Waals surface area (Å²) in [4.78, 5) is 0. The van der Waals surface area contributed by atoms with Crippen molar-refractivity contribution < 1.29 is 0 Å². The fraction of sp³-hybridized carbons (Fsp3) is 0.625. The Bertz CT molecular complexity index is 208. The summed E-state index contributed by atoms with van der Waals surface area (Å²) in [5.41, 5.74) is 2.67. The molecule has 0 bridgehead atoms. The Kier molecular flexibility index (Phi) is 3.12. The molecule has 0 saturated heterocycles. The van der Waals surface area contributed by atoms with Crippen LogP contribution in [0.4, 0.5) is 0 Å². The van der Waals surface area contributed by atoms with Gasteiger partial charge in [0.15, 0.2) is 0 Å². The highest BCUT2D eigenvalue weighted by molar-refractivity contribution is 9.08. The molecule has 1 rings (SSSR count). The van der Waals surface area contributed by atoms with Crippen molar-refractivity contribution in [3.63, 3.8) is 0 Å².